The van der Waals surface area contributed by atoms with Crippen LogP contribution >= 0.6 is 0 Å². The Bertz CT molecular complexity index is 438. The normalized spacial score (nSPS) is 10.8. The first kappa shape index (κ1) is 20.7. The second-order valence-electron chi connectivity index (χ2n) is 6.86. The Kier molecular flexibility index (Phi) is 11.3. The molecule has 0 unspecified atom stereocenters. The van der Waals surface area contributed by atoms with Gasteiger partial charge in [-0.3, -0.25) is 4.79 Å². The van der Waals surface area contributed by atoms with Crippen molar-refractivity contribution in [1.82, 2.24) is 4.90 Å². The number of hydrogen-bond donors (Lipinski definition) is 0. The smallest absolute Gasteiger partial charge is 0.253 e. The summed E-state index contributed by atoms with van der Waals surface area (Å²) in [5.41, 5.74) is 2.19. The summed E-state index contributed by atoms with van der Waals surface area (Å²) < 4.78 is 0. The van der Waals surface area contributed by atoms with Crippen molar-refractivity contribution in [3.8, 4) is 0 Å². The van der Waals surface area contributed by atoms with Gasteiger partial charge in [-0.15, -0.1) is 0 Å². The molecule has 0 radical (unpaired) electrons. The fourth-order valence-corrected chi connectivity index (χ4v) is 2.95. The topological polar surface area (TPSA) is 20.3 Å². The van der Waals surface area contributed by atoms with E-state index in [0.29, 0.717) is 0 Å². The van der Waals surface area contributed by atoms with E-state index in [1.165, 1.54) is 44.1 Å². The highest BCUT2D eigenvalue weighted by Gasteiger charge is 2.14. The zero-order valence-electron chi connectivity index (χ0n) is 16.2. The molecule has 0 atom stereocenters. The lowest BCUT2D eigenvalue weighted by molar-refractivity contribution is 0.0750. The van der Waals surface area contributed by atoms with E-state index in [2.05, 4.69) is 37.8 Å². The number of unbranched alkanes of at least 4 members (excludes halogenated alkanes) is 6. The van der Waals surface area contributed by atoms with E-state index >= 15 is 0 Å². The first-order chi connectivity index (χ1) is 11.7. The number of rotatable bonds is 13. The van der Waals surface area contributed by atoms with Gasteiger partial charge in [0.1, 0.15) is 0 Å². The molecular formula is C22H37NO. The molecule has 0 aliphatic rings. The molecule has 0 fully saturated rings. The first-order valence-electron chi connectivity index (χ1n) is 10.1. The Morgan fingerprint density at radius 1 is 0.750 bits per heavy atom. The minimum absolute atomic E-state index is 0.209. The van der Waals surface area contributed by atoms with Gasteiger partial charge in [0.25, 0.3) is 5.91 Å². The first-order valence-corrected chi connectivity index (χ1v) is 10.1. The van der Waals surface area contributed by atoms with Crippen molar-refractivity contribution in [2.24, 2.45) is 0 Å². The van der Waals surface area contributed by atoms with Crippen LogP contribution in [0.4, 0.5) is 0 Å². The van der Waals surface area contributed by atoms with Gasteiger partial charge in [0, 0.05) is 18.7 Å². The average Bonchev–Trinajstić information content (AvgIpc) is 2.62. The van der Waals surface area contributed by atoms with E-state index in [1.807, 2.05) is 12.1 Å². The number of aryl methyl sites for hydroxylation is 1. The van der Waals surface area contributed by atoms with Crippen molar-refractivity contribution in [3.05, 3.63) is 35.4 Å². The van der Waals surface area contributed by atoms with E-state index in [4.69, 9.17) is 0 Å². The number of carbonyl (C=O) groups is 1. The molecule has 1 amide bonds. The summed E-state index contributed by atoms with van der Waals surface area (Å²) in [5.74, 6) is 0.209. The Hall–Kier alpha value is -1.31. The molecule has 24 heavy (non-hydrogen) atoms. The molecule has 2 nitrogen and oxygen atoms in total. The lowest BCUT2D eigenvalue weighted by atomic mass is 10.1. The number of carbonyl (C=O) groups excluding carboxylic acids is 1. The van der Waals surface area contributed by atoms with E-state index in [9.17, 15) is 4.79 Å². The Balaban J connectivity index is 2.58. The van der Waals surface area contributed by atoms with Crippen LogP contribution in [-0.2, 0) is 6.42 Å². The van der Waals surface area contributed by atoms with Crippen LogP contribution in [0.2, 0.25) is 0 Å². The van der Waals surface area contributed by atoms with Crippen molar-refractivity contribution in [2.45, 2.75) is 85.0 Å². The molecule has 0 heterocycles. The summed E-state index contributed by atoms with van der Waals surface area (Å²) in [6, 6.07) is 8.29. The van der Waals surface area contributed by atoms with Gasteiger partial charge in [-0.25, -0.2) is 0 Å². The lowest BCUT2D eigenvalue weighted by Gasteiger charge is -2.23. The molecular weight excluding hydrogens is 294 g/mol. The van der Waals surface area contributed by atoms with Crippen molar-refractivity contribution in [2.75, 3.05) is 13.1 Å². The van der Waals surface area contributed by atoms with Crippen LogP contribution in [0.5, 0.6) is 0 Å². The third kappa shape index (κ3) is 7.99. The van der Waals surface area contributed by atoms with E-state index in [0.717, 1.165) is 44.3 Å². The molecule has 0 aliphatic heterocycles. The lowest BCUT2D eigenvalue weighted by Crippen LogP contribution is -2.33. The van der Waals surface area contributed by atoms with Crippen LogP contribution in [0.15, 0.2) is 24.3 Å². The molecule has 0 saturated carbocycles. The third-order valence-corrected chi connectivity index (χ3v) is 4.62. The summed E-state index contributed by atoms with van der Waals surface area (Å²) >= 11 is 0. The Morgan fingerprint density at radius 3 is 1.96 bits per heavy atom. The molecule has 0 N–H and O–H groups in total. The molecule has 0 aromatic heterocycles. The third-order valence-electron chi connectivity index (χ3n) is 4.62. The highest BCUT2D eigenvalue weighted by atomic mass is 16.2. The molecule has 1 aromatic carbocycles. The summed E-state index contributed by atoms with van der Waals surface area (Å²) in [6.07, 6.45) is 12.0. The number of nitrogens with zero attached hydrogens (tertiary/aromatic N) is 1. The van der Waals surface area contributed by atoms with Crippen molar-refractivity contribution < 1.29 is 4.79 Å². The van der Waals surface area contributed by atoms with Gasteiger partial charge in [-0.2, -0.15) is 0 Å². The largest absolute Gasteiger partial charge is 0.339 e. The molecule has 136 valence electrons. The molecule has 0 saturated heterocycles. The van der Waals surface area contributed by atoms with Crippen LogP contribution in [0, 0.1) is 0 Å². The molecule has 1 rings (SSSR count). The molecule has 0 aliphatic carbocycles. The highest BCUT2D eigenvalue weighted by molar-refractivity contribution is 5.94. The second kappa shape index (κ2) is 13.0. The minimum Gasteiger partial charge on any atom is -0.339 e. The predicted octanol–water partition coefficient (Wildman–Crippen LogP) is 6.24. The van der Waals surface area contributed by atoms with E-state index in [-0.39, 0.29) is 5.91 Å². The second-order valence-corrected chi connectivity index (χ2v) is 6.86. The Labute approximate surface area is 149 Å². The number of benzene rings is 1. The standard InChI is InChI=1S/C22H37NO/c1-4-7-10-11-12-19-23(18-9-6-3)22(24)21-16-14-20(15-17-21)13-8-5-2/h14-17H,4-13,18-19H2,1-3H3. The van der Waals surface area contributed by atoms with E-state index < -0.39 is 0 Å². The van der Waals surface area contributed by atoms with Gasteiger partial charge >= 0.3 is 0 Å². The molecule has 1 aromatic rings. The zero-order chi connectivity index (χ0) is 17.6. The SMILES string of the molecule is CCCCCCCN(CCCC)C(=O)c1ccc(CCCC)cc1. The maximum atomic E-state index is 12.8. The van der Waals surface area contributed by atoms with Crippen molar-refractivity contribution in [3.63, 3.8) is 0 Å². The molecule has 0 spiro atoms. The van der Waals surface area contributed by atoms with Crippen LogP contribution in [-0.4, -0.2) is 23.9 Å². The predicted molar refractivity (Wildman–Crippen MR) is 105 cm³/mol. The van der Waals surface area contributed by atoms with E-state index in [1.54, 1.807) is 0 Å². The van der Waals surface area contributed by atoms with Gasteiger partial charge in [0.2, 0.25) is 0 Å². The maximum Gasteiger partial charge on any atom is 0.253 e. The van der Waals surface area contributed by atoms with Gasteiger partial charge in [-0.1, -0.05) is 71.4 Å². The molecule has 0 bridgehead atoms. The van der Waals surface area contributed by atoms with Gasteiger partial charge in [-0.05, 0) is 43.4 Å². The highest BCUT2D eigenvalue weighted by Crippen LogP contribution is 2.12. The number of hydrogen-bond acceptors (Lipinski definition) is 1. The van der Waals surface area contributed by atoms with Gasteiger partial charge < -0.3 is 4.90 Å². The van der Waals surface area contributed by atoms with Crippen LogP contribution < -0.4 is 0 Å². The summed E-state index contributed by atoms with van der Waals surface area (Å²) in [4.78, 5) is 14.9. The van der Waals surface area contributed by atoms with Gasteiger partial charge in [0.15, 0.2) is 0 Å². The minimum atomic E-state index is 0.209. The van der Waals surface area contributed by atoms with Crippen molar-refractivity contribution >= 4 is 5.91 Å². The quantitative estimate of drug-likeness (QED) is 0.392. The fraction of sp³-hybridized carbons (Fsp3) is 0.682. The summed E-state index contributed by atoms with van der Waals surface area (Å²) in [5, 5.41) is 0. The maximum absolute atomic E-state index is 12.8. The van der Waals surface area contributed by atoms with Crippen LogP contribution in [0.1, 0.15) is 94.5 Å². The summed E-state index contributed by atoms with van der Waals surface area (Å²) in [6.45, 7) is 8.43. The summed E-state index contributed by atoms with van der Waals surface area (Å²) in [7, 11) is 0. The molecule has 2 heteroatoms. The monoisotopic (exact) mass is 331 g/mol. The fourth-order valence-electron chi connectivity index (χ4n) is 2.95. The Morgan fingerprint density at radius 2 is 1.33 bits per heavy atom. The van der Waals surface area contributed by atoms with Crippen LogP contribution in [0.3, 0.4) is 0 Å². The average molecular weight is 332 g/mol. The van der Waals surface area contributed by atoms with Crippen molar-refractivity contribution in [1.29, 1.82) is 0 Å². The zero-order valence-corrected chi connectivity index (χ0v) is 16.2. The van der Waals surface area contributed by atoms with Crippen LogP contribution in [0.25, 0.3) is 0 Å². The van der Waals surface area contributed by atoms with Gasteiger partial charge in [0.05, 0.1) is 0 Å². The number of amides is 1.